The van der Waals surface area contributed by atoms with Crippen molar-refractivity contribution in [3.8, 4) is 11.5 Å². The molecule has 0 saturated carbocycles. The van der Waals surface area contributed by atoms with Gasteiger partial charge in [0, 0.05) is 26.7 Å². The standard InChI is InChI=1S/C12H17BrN8/c1-3-14-11-15-10(8-9(13)18-19-20(8)2)16-12(17-11)21-6-4-5-7-21/h3-7H2,1-2H3,(H,14,15,16,17). The van der Waals surface area contributed by atoms with Crippen molar-refractivity contribution in [1.29, 1.82) is 0 Å². The van der Waals surface area contributed by atoms with Gasteiger partial charge >= 0.3 is 0 Å². The van der Waals surface area contributed by atoms with Crippen LogP contribution >= 0.6 is 15.9 Å². The zero-order valence-electron chi connectivity index (χ0n) is 12.0. The summed E-state index contributed by atoms with van der Waals surface area (Å²) in [5.41, 5.74) is 0.747. The summed E-state index contributed by atoms with van der Waals surface area (Å²) in [5, 5.41) is 11.1. The lowest BCUT2D eigenvalue weighted by atomic mass is 10.4. The van der Waals surface area contributed by atoms with Gasteiger partial charge in [-0.3, -0.25) is 0 Å². The van der Waals surface area contributed by atoms with Gasteiger partial charge in [0.25, 0.3) is 0 Å². The van der Waals surface area contributed by atoms with E-state index in [-0.39, 0.29) is 0 Å². The molecule has 0 aromatic carbocycles. The third-order valence-corrected chi connectivity index (χ3v) is 3.88. The molecule has 0 radical (unpaired) electrons. The van der Waals surface area contributed by atoms with E-state index in [1.807, 2.05) is 14.0 Å². The van der Waals surface area contributed by atoms with E-state index < -0.39 is 0 Å². The summed E-state index contributed by atoms with van der Waals surface area (Å²) in [6, 6.07) is 0. The number of halogens is 1. The molecule has 1 fully saturated rings. The van der Waals surface area contributed by atoms with Crippen LogP contribution in [0.5, 0.6) is 0 Å². The molecule has 0 unspecified atom stereocenters. The Hall–Kier alpha value is -1.77. The van der Waals surface area contributed by atoms with E-state index in [2.05, 4.69) is 51.4 Å². The normalized spacial score (nSPS) is 14.7. The van der Waals surface area contributed by atoms with Crippen molar-refractivity contribution in [1.82, 2.24) is 29.9 Å². The maximum Gasteiger partial charge on any atom is 0.230 e. The Morgan fingerprint density at radius 1 is 1.19 bits per heavy atom. The van der Waals surface area contributed by atoms with Crippen LogP contribution in [0.4, 0.5) is 11.9 Å². The van der Waals surface area contributed by atoms with E-state index in [1.54, 1.807) is 4.68 Å². The Morgan fingerprint density at radius 2 is 1.95 bits per heavy atom. The van der Waals surface area contributed by atoms with E-state index in [4.69, 9.17) is 0 Å². The Kier molecular flexibility index (Phi) is 4.00. The highest BCUT2D eigenvalue weighted by Crippen LogP contribution is 2.25. The fourth-order valence-corrected chi connectivity index (χ4v) is 2.84. The SMILES string of the molecule is CCNc1nc(-c2c(Br)nnn2C)nc(N2CCCC2)n1. The number of rotatable bonds is 4. The number of nitrogens with zero attached hydrogens (tertiary/aromatic N) is 7. The highest BCUT2D eigenvalue weighted by Gasteiger charge is 2.20. The van der Waals surface area contributed by atoms with Gasteiger partial charge in [0.05, 0.1) is 0 Å². The quantitative estimate of drug-likeness (QED) is 0.891. The van der Waals surface area contributed by atoms with Crippen molar-refractivity contribution in [2.45, 2.75) is 19.8 Å². The highest BCUT2D eigenvalue weighted by atomic mass is 79.9. The second kappa shape index (κ2) is 5.92. The van der Waals surface area contributed by atoms with E-state index in [1.165, 1.54) is 12.8 Å². The molecule has 2 aromatic heterocycles. The van der Waals surface area contributed by atoms with Gasteiger partial charge in [-0.05, 0) is 35.7 Å². The van der Waals surface area contributed by atoms with Gasteiger partial charge in [-0.2, -0.15) is 15.0 Å². The molecule has 112 valence electrons. The zero-order valence-corrected chi connectivity index (χ0v) is 13.6. The molecule has 2 aromatic rings. The second-order valence-electron chi connectivity index (χ2n) is 4.86. The summed E-state index contributed by atoms with van der Waals surface area (Å²) in [6.45, 7) is 4.74. The zero-order chi connectivity index (χ0) is 14.8. The molecule has 8 nitrogen and oxygen atoms in total. The van der Waals surface area contributed by atoms with E-state index in [0.29, 0.717) is 22.3 Å². The van der Waals surface area contributed by atoms with Crippen molar-refractivity contribution >= 4 is 27.8 Å². The van der Waals surface area contributed by atoms with Crippen LogP contribution in [0.15, 0.2) is 4.60 Å². The first kappa shape index (κ1) is 14.2. The molecule has 1 saturated heterocycles. The number of nitrogens with one attached hydrogen (secondary N) is 1. The molecule has 1 aliphatic rings. The topological polar surface area (TPSA) is 84.7 Å². The molecule has 3 heterocycles. The molecule has 9 heteroatoms. The average Bonchev–Trinajstić information content (AvgIpc) is 3.09. The Balaban J connectivity index is 2.06. The van der Waals surface area contributed by atoms with Crippen LogP contribution in [0.25, 0.3) is 11.5 Å². The average molecular weight is 353 g/mol. The van der Waals surface area contributed by atoms with E-state index in [0.717, 1.165) is 25.3 Å². The fraction of sp³-hybridized carbons (Fsp3) is 0.583. The molecule has 0 spiro atoms. The van der Waals surface area contributed by atoms with Crippen molar-refractivity contribution in [3.05, 3.63) is 4.60 Å². The summed E-state index contributed by atoms with van der Waals surface area (Å²) in [5.74, 6) is 1.86. The van der Waals surface area contributed by atoms with Crippen LogP contribution in [-0.2, 0) is 7.05 Å². The monoisotopic (exact) mass is 352 g/mol. The van der Waals surface area contributed by atoms with Gasteiger partial charge in [0.15, 0.2) is 10.4 Å². The summed E-state index contributed by atoms with van der Waals surface area (Å²) >= 11 is 3.40. The van der Waals surface area contributed by atoms with E-state index >= 15 is 0 Å². The number of hydrogen-bond acceptors (Lipinski definition) is 7. The fourth-order valence-electron chi connectivity index (χ4n) is 2.34. The number of aryl methyl sites for hydroxylation is 1. The molecule has 0 bridgehead atoms. The Labute approximate surface area is 131 Å². The minimum atomic E-state index is 0.572. The Morgan fingerprint density at radius 3 is 2.57 bits per heavy atom. The summed E-state index contributed by atoms with van der Waals surface area (Å²) in [7, 11) is 1.82. The number of anilines is 2. The molecule has 0 atom stereocenters. The van der Waals surface area contributed by atoms with Gasteiger partial charge in [0.2, 0.25) is 11.9 Å². The van der Waals surface area contributed by atoms with Crippen LogP contribution in [-0.4, -0.2) is 49.6 Å². The van der Waals surface area contributed by atoms with Crippen LogP contribution in [0.1, 0.15) is 19.8 Å². The van der Waals surface area contributed by atoms with Crippen LogP contribution in [0.2, 0.25) is 0 Å². The highest BCUT2D eigenvalue weighted by molar-refractivity contribution is 9.10. The molecule has 1 aliphatic heterocycles. The smallest absolute Gasteiger partial charge is 0.230 e. The van der Waals surface area contributed by atoms with Gasteiger partial charge in [-0.15, -0.1) is 5.10 Å². The van der Waals surface area contributed by atoms with Crippen LogP contribution < -0.4 is 10.2 Å². The predicted octanol–water partition coefficient (Wildman–Crippen LogP) is 1.46. The predicted molar refractivity (Wildman–Crippen MR) is 83.1 cm³/mol. The third-order valence-electron chi connectivity index (χ3n) is 3.34. The van der Waals surface area contributed by atoms with E-state index in [9.17, 15) is 0 Å². The van der Waals surface area contributed by atoms with Crippen LogP contribution in [0, 0.1) is 0 Å². The van der Waals surface area contributed by atoms with Crippen molar-refractivity contribution in [2.75, 3.05) is 29.9 Å². The second-order valence-corrected chi connectivity index (χ2v) is 5.61. The van der Waals surface area contributed by atoms with Crippen molar-refractivity contribution in [3.63, 3.8) is 0 Å². The lowest BCUT2D eigenvalue weighted by Gasteiger charge is -2.16. The largest absolute Gasteiger partial charge is 0.354 e. The third kappa shape index (κ3) is 2.82. The molecular weight excluding hydrogens is 336 g/mol. The molecule has 1 N–H and O–H groups in total. The first-order valence-electron chi connectivity index (χ1n) is 6.99. The maximum absolute atomic E-state index is 4.59. The van der Waals surface area contributed by atoms with Gasteiger partial charge in [0.1, 0.15) is 5.69 Å². The number of hydrogen-bond donors (Lipinski definition) is 1. The minimum absolute atomic E-state index is 0.572. The molecule has 0 aliphatic carbocycles. The first-order chi connectivity index (χ1) is 10.2. The molecular formula is C12H17BrN8. The minimum Gasteiger partial charge on any atom is -0.354 e. The maximum atomic E-state index is 4.59. The summed E-state index contributed by atoms with van der Waals surface area (Å²) in [4.78, 5) is 15.7. The lowest BCUT2D eigenvalue weighted by Crippen LogP contribution is -2.22. The van der Waals surface area contributed by atoms with Crippen LogP contribution in [0.3, 0.4) is 0 Å². The lowest BCUT2D eigenvalue weighted by molar-refractivity contribution is 0.715. The number of aromatic nitrogens is 6. The summed E-state index contributed by atoms with van der Waals surface area (Å²) in [6.07, 6.45) is 2.35. The Bertz CT molecular complexity index is 615. The van der Waals surface area contributed by atoms with Gasteiger partial charge in [-0.25, -0.2) is 4.68 Å². The first-order valence-corrected chi connectivity index (χ1v) is 7.78. The van der Waals surface area contributed by atoms with Crippen molar-refractivity contribution in [2.24, 2.45) is 7.05 Å². The van der Waals surface area contributed by atoms with Gasteiger partial charge < -0.3 is 10.2 Å². The van der Waals surface area contributed by atoms with Gasteiger partial charge in [-0.1, -0.05) is 5.21 Å². The molecule has 21 heavy (non-hydrogen) atoms. The molecule has 0 amide bonds. The molecule has 3 rings (SSSR count). The summed E-state index contributed by atoms with van der Waals surface area (Å²) < 4.78 is 2.29. The van der Waals surface area contributed by atoms with Crippen molar-refractivity contribution < 1.29 is 0 Å².